The van der Waals surface area contributed by atoms with E-state index in [1.54, 1.807) is 6.20 Å². The maximum Gasteiger partial charge on any atom is 0.224 e. The van der Waals surface area contributed by atoms with E-state index >= 15 is 0 Å². The molecule has 1 aromatic carbocycles. The van der Waals surface area contributed by atoms with E-state index in [1.165, 1.54) is 0 Å². The van der Waals surface area contributed by atoms with E-state index in [4.69, 9.17) is 5.73 Å². The van der Waals surface area contributed by atoms with Gasteiger partial charge in [-0.2, -0.15) is 0 Å². The Morgan fingerprint density at radius 2 is 2.28 bits per heavy atom. The Kier molecular flexibility index (Phi) is 3.89. The van der Waals surface area contributed by atoms with Crippen LogP contribution in [-0.2, 0) is 4.79 Å². The fourth-order valence-corrected chi connectivity index (χ4v) is 1.77. The van der Waals surface area contributed by atoms with Gasteiger partial charge in [0.25, 0.3) is 0 Å². The molecule has 4 heteroatoms. The molecule has 0 radical (unpaired) electrons. The summed E-state index contributed by atoms with van der Waals surface area (Å²) in [6, 6.07) is 9.54. The second-order valence-electron chi connectivity index (χ2n) is 4.50. The van der Waals surface area contributed by atoms with E-state index in [9.17, 15) is 4.79 Å². The minimum absolute atomic E-state index is 0.00353. The number of rotatable bonds is 4. The number of fused-ring (bicyclic) bond motifs is 1. The third-order valence-electron chi connectivity index (χ3n) is 2.82. The summed E-state index contributed by atoms with van der Waals surface area (Å²) in [6.07, 6.45) is 2.20. The number of nitrogens with two attached hydrogens (primary N) is 1. The van der Waals surface area contributed by atoms with Crippen molar-refractivity contribution in [1.29, 1.82) is 0 Å². The lowest BCUT2D eigenvalue weighted by molar-refractivity contribution is -0.116. The zero-order valence-corrected chi connectivity index (χ0v) is 10.4. The normalized spacial score (nSPS) is 12.3. The molecular weight excluding hydrogens is 226 g/mol. The van der Waals surface area contributed by atoms with Crippen molar-refractivity contribution >= 4 is 22.5 Å². The average Bonchev–Trinajstić information content (AvgIpc) is 2.38. The third kappa shape index (κ3) is 3.05. The largest absolute Gasteiger partial charge is 0.330 e. The summed E-state index contributed by atoms with van der Waals surface area (Å²) in [4.78, 5) is 16.0. The minimum Gasteiger partial charge on any atom is -0.330 e. The Balaban J connectivity index is 2.10. The van der Waals surface area contributed by atoms with Crippen LogP contribution >= 0.6 is 0 Å². The number of hydrogen-bond acceptors (Lipinski definition) is 3. The van der Waals surface area contributed by atoms with Gasteiger partial charge in [0.05, 0.1) is 5.52 Å². The first kappa shape index (κ1) is 12.5. The van der Waals surface area contributed by atoms with E-state index < -0.39 is 0 Å². The molecule has 2 rings (SSSR count). The van der Waals surface area contributed by atoms with Crippen molar-refractivity contribution in [2.75, 3.05) is 11.9 Å². The summed E-state index contributed by atoms with van der Waals surface area (Å²) in [5, 5.41) is 3.89. The smallest absolute Gasteiger partial charge is 0.224 e. The van der Waals surface area contributed by atoms with Crippen LogP contribution in [0.4, 0.5) is 5.69 Å². The van der Waals surface area contributed by atoms with Gasteiger partial charge in [-0.3, -0.25) is 9.78 Å². The van der Waals surface area contributed by atoms with Gasteiger partial charge in [-0.1, -0.05) is 13.0 Å². The van der Waals surface area contributed by atoms with E-state index in [2.05, 4.69) is 10.3 Å². The summed E-state index contributed by atoms with van der Waals surface area (Å²) in [7, 11) is 0. The molecule has 2 aromatic rings. The lowest BCUT2D eigenvalue weighted by Gasteiger charge is -2.09. The van der Waals surface area contributed by atoms with Gasteiger partial charge in [0, 0.05) is 23.7 Å². The molecule has 18 heavy (non-hydrogen) atoms. The summed E-state index contributed by atoms with van der Waals surface area (Å²) in [5.74, 6) is 0.198. The molecule has 94 valence electrons. The zero-order chi connectivity index (χ0) is 13.0. The molecule has 1 aromatic heterocycles. The van der Waals surface area contributed by atoms with Crippen LogP contribution in [-0.4, -0.2) is 17.4 Å². The van der Waals surface area contributed by atoms with Crippen LogP contribution in [0.1, 0.15) is 13.3 Å². The van der Waals surface area contributed by atoms with Gasteiger partial charge >= 0.3 is 0 Å². The summed E-state index contributed by atoms with van der Waals surface area (Å²) >= 11 is 0. The molecule has 0 aliphatic rings. The monoisotopic (exact) mass is 243 g/mol. The number of anilines is 1. The molecule has 0 aliphatic heterocycles. The number of nitrogens with zero attached hydrogens (tertiary/aromatic N) is 1. The molecule has 0 fully saturated rings. The van der Waals surface area contributed by atoms with Gasteiger partial charge in [0.1, 0.15) is 0 Å². The fraction of sp³-hybridized carbons (Fsp3) is 0.286. The van der Waals surface area contributed by atoms with Crippen molar-refractivity contribution in [3.05, 3.63) is 36.5 Å². The summed E-state index contributed by atoms with van der Waals surface area (Å²) < 4.78 is 0. The maximum absolute atomic E-state index is 11.7. The van der Waals surface area contributed by atoms with Crippen molar-refractivity contribution < 1.29 is 4.79 Å². The van der Waals surface area contributed by atoms with Gasteiger partial charge in [-0.05, 0) is 36.7 Å². The van der Waals surface area contributed by atoms with Crippen LogP contribution in [0.3, 0.4) is 0 Å². The zero-order valence-electron chi connectivity index (χ0n) is 10.4. The van der Waals surface area contributed by atoms with E-state index in [0.29, 0.717) is 13.0 Å². The molecule has 1 unspecified atom stereocenters. The molecule has 1 amide bonds. The molecule has 1 atom stereocenters. The number of carbonyl (C=O) groups is 1. The Hall–Kier alpha value is -1.94. The van der Waals surface area contributed by atoms with Crippen LogP contribution in [0, 0.1) is 5.92 Å². The van der Waals surface area contributed by atoms with Crippen LogP contribution < -0.4 is 11.1 Å². The molecular formula is C14H17N3O. The SMILES string of the molecule is CC(CN)CC(=O)Nc1ccc2ncccc2c1. The Labute approximate surface area is 106 Å². The van der Waals surface area contributed by atoms with Crippen LogP contribution in [0.25, 0.3) is 10.9 Å². The maximum atomic E-state index is 11.7. The highest BCUT2D eigenvalue weighted by molar-refractivity contribution is 5.93. The van der Waals surface area contributed by atoms with Crippen LogP contribution in [0.5, 0.6) is 0 Å². The van der Waals surface area contributed by atoms with Crippen molar-refractivity contribution in [2.24, 2.45) is 11.7 Å². The number of pyridine rings is 1. The standard InChI is InChI=1S/C14H17N3O/c1-10(9-15)7-14(18)17-12-4-5-13-11(8-12)3-2-6-16-13/h2-6,8,10H,7,9,15H2,1H3,(H,17,18). The number of nitrogens with one attached hydrogen (secondary N) is 1. The summed E-state index contributed by atoms with van der Waals surface area (Å²) in [6.45, 7) is 2.49. The Morgan fingerprint density at radius 3 is 3.06 bits per heavy atom. The highest BCUT2D eigenvalue weighted by atomic mass is 16.1. The number of amides is 1. The number of hydrogen-bond donors (Lipinski definition) is 2. The van der Waals surface area contributed by atoms with Gasteiger partial charge < -0.3 is 11.1 Å². The topological polar surface area (TPSA) is 68.0 Å². The summed E-state index contributed by atoms with van der Waals surface area (Å²) in [5.41, 5.74) is 7.22. The third-order valence-corrected chi connectivity index (χ3v) is 2.82. The van der Waals surface area contributed by atoms with Crippen LogP contribution in [0.2, 0.25) is 0 Å². The quantitative estimate of drug-likeness (QED) is 0.864. The van der Waals surface area contributed by atoms with Gasteiger partial charge in [-0.25, -0.2) is 0 Å². The number of aromatic nitrogens is 1. The molecule has 4 nitrogen and oxygen atoms in total. The molecule has 1 heterocycles. The molecule has 0 saturated heterocycles. The lowest BCUT2D eigenvalue weighted by atomic mass is 10.1. The van der Waals surface area contributed by atoms with Crippen LogP contribution in [0.15, 0.2) is 36.5 Å². The first-order chi connectivity index (χ1) is 8.69. The molecule has 0 spiro atoms. The van der Waals surface area contributed by atoms with Gasteiger partial charge in [0.2, 0.25) is 5.91 Å². The first-order valence-electron chi connectivity index (χ1n) is 6.03. The van der Waals surface area contributed by atoms with Crippen molar-refractivity contribution in [1.82, 2.24) is 4.98 Å². The van der Waals surface area contributed by atoms with Crippen molar-refractivity contribution in [3.63, 3.8) is 0 Å². The predicted molar refractivity (Wildman–Crippen MR) is 73.2 cm³/mol. The minimum atomic E-state index is -0.00353. The average molecular weight is 243 g/mol. The van der Waals surface area contributed by atoms with E-state index in [-0.39, 0.29) is 11.8 Å². The Bertz CT molecular complexity index is 553. The van der Waals surface area contributed by atoms with Gasteiger partial charge in [0.15, 0.2) is 0 Å². The molecule has 0 bridgehead atoms. The highest BCUT2D eigenvalue weighted by Crippen LogP contribution is 2.17. The Morgan fingerprint density at radius 1 is 1.44 bits per heavy atom. The number of carbonyl (C=O) groups excluding carboxylic acids is 1. The molecule has 0 aliphatic carbocycles. The van der Waals surface area contributed by atoms with Crippen molar-refractivity contribution in [3.8, 4) is 0 Å². The van der Waals surface area contributed by atoms with E-state index in [1.807, 2.05) is 37.3 Å². The first-order valence-corrected chi connectivity index (χ1v) is 6.03. The lowest BCUT2D eigenvalue weighted by Crippen LogP contribution is -2.20. The van der Waals surface area contributed by atoms with E-state index in [0.717, 1.165) is 16.6 Å². The second-order valence-corrected chi connectivity index (χ2v) is 4.50. The predicted octanol–water partition coefficient (Wildman–Crippen LogP) is 2.16. The fourth-order valence-electron chi connectivity index (χ4n) is 1.77. The van der Waals surface area contributed by atoms with Crippen molar-refractivity contribution in [2.45, 2.75) is 13.3 Å². The second kappa shape index (κ2) is 5.60. The molecule has 3 N–H and O–H groups in total. The molecule has 0 saturated carbocycles. The number of benzene rings is 1. The van der Waals surface area contributed by atoms with Gasteiger partial charge in [-0.15, -0.1) is 0 Å². The highest BCUT2D eigenvalue weighted by Gasteiger charge is 2.08.